The van der Waals surface area contributed by atoms with Crippen LogP contribution >= 0.6 is 0 Å². The second-order valence-electron chi connectivity index (χ2n) is 7.31. The molecule has 0 saturated heterocycles. The van der Waals surface area contributed by atoms with Crippen molar-refractivity contribution >= 4 is 34.8 Å². The average Bonchev–Trinajstić information content (AvgIpc) is 2.83. The number of benzene rings is 2. The number of rotatable bonds is 8. The predicted octanol–water partition coefficient (Wildman–Crippen LogP) is 2.89. The number of hydrazone groups is 1. The van der Waals surface area contributed by atoms with E-state index >= 15 is 0 Å². The summed E-state index contributed by atoms with van der Waals surface area (Å²) in [5, 5.41) is 34.9. The molecular weight excluding hydrogens is 438 g/mol. The smallest absolute Gasteiger partial charge is 0.323 e. The maximum absolute atomic E-state index is 12.3. The number of urea groups is 1. The Balaban J connectivity index is 1.96. The Morgan fingerprint density at radius 3 is 1.71 bits per heavy atom. The van der Waals surface area contributed by atoms with Crippen molar-refractivity contribution in [2.24, 2.45) is 21.0 Å². The third-order valence-electron chi connectivity index (χ3n) is 4.49. The molecule has 12 nitrogen and oxygen atoms in total. The Kier molecular flexibility index (Phi) is 9.56. The number of hydroxylamine groups is 2. The highest BCUT2D eigenvalue weighted by molar-refractivity contribution is 6.02. The summed E-state index contributed by atoms with van der Waals surface area (Å²) in [6.07, 6.45) is 0. The fourth-order valence-electron chi connectivity index (χ4n) is 2.54. The molecule has 0 aliphatic heterocycles. The summed E-state index contributed by atoms with van der Waals surface area (Å²) < 4.78 is 0. The number of nitrogens with two attached hydrogens (primary N) is 1. The number of nitrogens with zero attached hydrogens (tertiary/aromatic N) is 3. The molecule has 0 fully saturated rings. The largest absolute Gasteiger partial charge is 0.367 e. The number of guanidine groups is 1. The van der Waals surface area contributed by atoms with Crippen molar-refractivity contribution in [1.29, 1.82) is 0 Å². The Morgan fingerprint density at radius 2 is 1.26 bits per heavy atom. The van der Waals surface area contributed by atoms with Gasteiger partial charge in [0.25, 0.3) is 0 Å². The highest BCUT2D eigenvalue weighted by atomic mass is 16.5. The molecule has 0 aliphatic carbocycles. The number of nitrogens with one attached hydrogen (secondary N) is 5. The normalized spacial score (nSPS) is 12.0. The molecule has 0 spiro atoms. The molecule has 9 N–H and O–H groups in total. The molecule has 2 aromatic rings. The van der Waals surface area contributed by atoms with Crippen LogP contribution in [0.2, 0.25) is 0 Å². The van der Waals surface area contributed by atoms with E-state index in [1.807, 2.05) is 32.9 Å². The van der Waals surface area contributed by atoms with Gasteiger partial charge in [0.2, 0.25) is 5.96 Å². The Labute approximate surface area is 197 Å². The molecule has 0 unspecified atom stereocenters. The van der Waals surface area contributed by atoms with Gasteiger partial charge in [0, 0.05) is 11.4 Å². The van der Waals surface area contributed by atoms with Crippen molar-refractivity contribution in [2.45, 2.75) is 27.7 Å². The minimum Gasteiger partial charge on any atom is -0.367 e. The van der Waals surface area contributed by atoms with Crippen molar-refractivity contribution in [3.63, 3.8) is 0 Å². The minimum absolute atomic E-state index is 0.224. The first-order valence-electron chi connectivity index (χ1n) is 10.2. The standard InChI is InChI=1S/C22H29N9O3/c1-13(2)20(30-33)28-26-14(3)16-5-9-18(10-6-16)24-22(32)25-19-11-7-17(8-12-19)15(4)27-29-21(23)31-34/h5-12,28,30,33-34H,1-4H3,(H3,23,29,31)(H2,24,25,32)/b26-14+,27-15+. The van der Waals surface area contributed by atoms with Crippen LogP contribution in [0.15, 0.2) is 75.2 Å². The molecule has 2 aromatic carbocycles. The van der Waals surface area contributed by atoms with Crippen molar-refractivity contribution in [2.75, 3.05) is 10.6 Å². The molecule has 0 bridgehead atoms. The van der Waals surface area contributed by atoms with Gasteiger partial charge in [0.05, 0.1) is 11.4 Å². The highest BCUT2D eigenvalue weighted by Gasteiger charge is 2.05. The lowest BCUT2D eigenvalue weighted by Gasteiger charge is -2.10. The van der Waals surface area contributed by atoms with Gasteiger partial charge in [-0.1, -0.05) is 24.3 Å². The molecule has 0 aromatic heterocycles. The van der Waals surface area contributed by atoms with Gasteiger partial charge in [-0.15, -0.1) is 5.10 Å². The van der Waals surface area contributed by atoms with Crippen molar-refractivity contribution in [1.82, 2.24) is 16.4 Å². The van der Waals surface area contributed by atoms with Gasteiger partial charge in [0.1, 0.15) is 5.82 Å². The van der Waals surface area contributed by atoms with Gasteiger partial charge in [-0.2, -0.15) is 10.2 Å². The zero-order valence-electron chi connectivity index (χ0n) is 19.3. The lowest BCUT2D eigenvalue weighted by atomic mass is 10.1. The molecule has 0 heterocycles. The van der Waals surface area contributed by atoms with Crippen LogP contribution in [-0.4, -0.2) is 33.8 Å². The number of hydrogen-bond acceptors (Lipinski definition) is 8. The minimum atomic E-state index is -0.397. The van der Waals surface area contributed by atoms with Crippen LogP contribution in [0.5, 0.6) is 0 Å². The fraction of sp³-hybridized carbons (Fsp3) is 0.182. The molecule has 12 heteroatoms. The number of hydrogen-bond donors (Lipinski definition) is 8. The lowest BCUT2D eigenvalue weighted by Crippen LogP contribution is -2.27. The first-order chi connectivity index (χ1) is 16.2. The number of carbonyl (C=O) groups is 1. The number of amides is 2. The van der Waals surface area contributed by atoms with Crippen molar-refractivity contribution in [3.8, 4) is 0 Å². The zero-order valence-corrected chi connectivity index (χ0v) is 19.3. The zero-order chi connectivity index (χ0) is 25.1. The van der Waals surface area contributed by atoms with Crippen LogP contribution in [0.3, 0.4) is 0 Å². The van der Waals surface area contributed by atoms with E-state index in [0.717, 1.165) is 16.7 Å². The first-order valence-corrected chi connectivity index (χ1v) is 10.2. The number of carbonyl (C=O) groups excluding carboxylic acids is 1. The summed E-state index contributed by atoms with van der Waals surface area (Å²) in [6.45, 7) is 7.22. The van der Waals surface area contributed by atoms with Gasteiger partial charge in [-0.05, 0) is 68.7 Å². The van der Waals surface area contributed by atoms with E-state index in [1.165, 1.54) is 0 Å². The second kappa shape index (κ2) is 12.6. The van der Waals surface area contributed by atoms with E-state index in [0.29, 0.717) is 28.6 Å². The van der Waals surface area contributed by atoms with E-state index < -0.39 is 6.03 Å². The third-order valence-corrected chi connectivity index (χ3v) is 4.49. The quantitative estimate of drug-likeness (QED) is 0.167. The molecule has 0 saturated carbocycles. The average molecular weight is 468 g/mol. The van der Waals surface area contributed by atoms with Gasteiger partial charge in [-0.25, -0.2) is 10.3 Å². The molecule has 2 amide bonds. The van der Waals surface area contributed by atoms with Crippen LogP contribution in [0, 0.1) is 0 Å². The SMILES string of the molecule is CC(C)=C(NO)N/N=C(\C)c1ccc(NC(=O)Nc2ccc(/C(C)=N/N=C(N)NO)cc2)cc1. The van der Waals surface area contributed by atoms with E-state index in [4.69, 9.17) is 16.1 Å². The molecule has 34 heavy (non-hydrogen) atoms. The second-order valence-corrected chi connectivity index (χ2v) is 7.31. The number of allylic oxidation sites excluding steroid dienone is 1. The molecule has 180 valence electrons. The Morgan fingerprint density at radius 1 is 0.765 bits per heavy atom. The van der Waals surface area contributed by atoms with E-state index in [1.54, 1.807) is 48.8 Å². The molecule has 0 aliphatic rings. The summed E-state index contributed by atoms with van der Waals surface area (Å²) in [6, 6.07) is 13.8. The molecule has 0 radical (unpaired) electrons. The van der Waals surface area contributed by atoms with Gasteiger partial charge in [-0.3, -0.25) is 21.3 Å². The summed E-state index contributed by atoms with van der Waals surface area (Å²) in [5.74, 6) is 0.181. The monoisotopic (exact) mass is 467 g/mol. The maximum atomic E-state index is 12.3. The Bertz CT molecular complexity index is 1100. The van der Waals surface area contributed by atoms with Crippen LogP contribution in [0.4, 0.5) is 16.2 Å². The lowest BCUT2D eigenvalue weighted by molar-refractivity contribution is 0.190. The van der Waals surface area contributed by atoms with E-state index in [-0.39, 0.29) is 5.96 Å². The van der Waals surface area contributed by atoms with Gasteiger partial charge in [0.15, 0.2) is 0 Å². The van der Waals surface area contributed by atoms with Crippen molar-refractivity contribution in [3.05, 3.63) is 71.1 Å². The molecule has 0 atom stereocenters. The number of anilines is 2. The molecular formula is C22H29N9O3. The highest BCUT2D eigenvalue weighted by Crippen LogP contribution is 2.14. The molecule has 2 rings (SSSR count). The van der Waals surface area contributed by atoms with Crippen LogP contribution in [0.25, 0.3) is 0 Å². The Hall–Kier alpha value is -4.42. The van der Waals surface area contributed by atoms with Crippen molar-refractivity contribution < 1.29 is 15.2 Å². The third kappa shape index (κ3) is 7.93. The topological polar surface area (TPSA) is 181 Å². The van der Waals surface area contributed by atoms with Crippen LogP contribution in [0.1, 0.15) is 38.8 Å². The van der Waals surface area contributed by atoms with Gasteiger partial charge < -0.3 is 16.4 Å². The summed E-state index contributed by atoms with van der Waals surface area (Å²) >= 11 is 0. The predicted molar refractivity (Wildman–Crippen MR) is 133 cm³/mol. The first kappa shape index (κ1) is 25.8. The van der Waals surface area contributed by atoms with Crippen LogP contribution < -0.4 is 32.8 Å². The van der Waals surface area contributed by atoms with E-state index in [2.05, 4.69) is 36.8 Å². The maximum Gasteiger partial charge on any atom is 0.323 e. The summed E-state index contributed by atoms with van der Waals surface area (Å²) in [5.41, 5.74) is 16.8. The summed E-state index contributed by atoms with van der Waals surface area (Å²) in [4.78, 5) is 12.3. The summed E-state index contributed by atoms with van der Waals surface area (Å²) in [7, 11) is 0. The van der Waals surface area contributed by atoms with E-state index in [9.17, 15) is 4.79 Å². The van der Waals surface area contributed by atoms with Gasteiger partial charge >= 0.3 is 6.03 Å². The van der Waals surface area contributed by atoms with Crippen LogP contribution in [-0.2, 0) is 0 Å². The fourth-order valence-corrected chi connectivity index (χ4v) is 2.54.